The molecule has 2 aromatic heterocycles. The molecule has 0 aliphatic carbocycles. The van der Waals surface area contributed by atoms with Crippen LogP contribution in [0.2, 0.25) is 0 Å². The number of aromatic nitrogens is 6. The monoisotopic (exact) mass is 794 g/mol. The Morgan fingerprint density at radius 1 is 0.409 bits per heavy atom. The predicted molar refractivity (Wildman–Crippen MR) is 194 cm³/mol. The average Bonchev–Trinajstić information content (AvgIpc) is 3.77. The van der Waals surface area contributed by atoms with Gasteiger partial charge in [-0.2, -0.15) is 19.8 Å². The zero-order chi connectivity index (χ0) is 29.9. The van der Waals surface area contributed by atoms with E-state index in [-0.39, 0.29) is 0 Å². The van der Waals surface area contributed by atoms with Crippen molar-refractivity contribution in [2.24, 2.45) is 0 Å². The van der Waals surface area contributed by atoms with Crippen molar-refractivity contribution in [1.29, 1.82) is 0 Å². The van der Waals surface area contributed by atoms with E-state index in [1.54, 1.807) is 9.59 Å². The van der Waals surface area contributed by atoms with E-state index in [2.05, 4.69) is 126 Å². The lowest BCUT2D eigenvalue weighted by Gasteiger charge is -2.07. The summed E-state index contributed by atoms with van der Waals surface area (Å²) in [5, 5.41) is 23.0. The molecule has 0 fully saturated rings. The summed E-state index contributed by atoms with van der Waals surface area (Å²) in [5.41, 5.74) is 5.91. The highest BCUT2D eigenvalue weighted by atomic mass is 127. The van der Waals surface area contributed by atoms with E-state index in [0.29, 0.717) is 0 Å². The Morgan fingerprint density at radius 2 is 0.795 bits per heavy atom. The average molecular weight is 794 g/mol. The summed E-state index contributed by atoms with van der Waals surface area (Å²) in [6.45, 7) is 0. The first kappa shape index (κ1) is 28.4. The highest BCUT2D eigenvalue weighted by molar-refractivity contribution is 14.1. The molecule has 8 rings (SSSR count). The topological polar surface area (TPSA) is 61.4 Å². The molecule has 8 aromatic rings. The third kappa shape index (κ3) is 5.74. The van der Waals surface area contributed by atoms with Gasteiger partial charge in [-0.05, 0) is 80.2 Å². The molecule has 0 saturated carbocycles. The van der Waals surface area contributed by atoms with Gasteiger partial charge in [0.25, 0.3) is 0 Å². The molecule has 0 amide bonds. The smallest absolute Gasteiger partial charge is 0.113 e. The van der Waals surface area contributed by atoms with Crippen LogP contribution in [0.1, 0.15) is 0 Å². The molecule has 0 saturated heterocycles. The lowest BCUT2D eigenvalue weighted by Crippen LogP contribution is -2.00. The predicted octanol–water partition coefficient (Wildman–Crippen LogP) is 9.38. The molecule has 0 aliphatic heterocycles. The second-order valence-corrected chi connectivity index (χ2v) is 12.3. The van der Waals surface area contributed by atoms with Gasteiger partial charge in [0.2, 0.25) is 0 Å². The summed E-state index contributed by atoms with van der Waals surface area (Å²) in [4.78, 5) is 3.43. The maximum Gasteiger partial charge on any atom is 0.113 e. The van der Waals surface area contributed by atoms with Crippen molar-refractivity contribution in [1.82, 2.24) is 30.0 Å². The Morgan fingerprint density at radius 3 is 1.20 bits per heavy atom. The van der Waals surface area contributed by atoms with Gasteiger partial charge in [0.05, 0.1) is 23.8 Å². The standard InChI is InChI=1S/2C18H12IN3/c2*19-15-10-4-8-14-9-5-11-17(18(14)15)22-20-12-16(21-22)13-6-2-1-3-7-13/h2*1-12H. The molecule has 0 unspecified atom stereocenters. The number of rotatable bonds is 4. The van der Waals surface area contributed by atoms with Crippen LogP contribution >= 0.6 is 45.2 Å². The summed E-state index contributed by atoms with van der Waals surface area (Å²) in [6, 6.07) is 45.2. The van der Waals surface area contributed by atoms with Crippen LogP contribution in [-0.4, -0.2) is 30.0 Å². The first-order chi connectivity index (χ1) is 21.7. The third-order valence-electron chi connectivity index (χ3n) is 7.22. The highest BCUT2D eigenvalue weighted by Crippen LogP contribution is 2.28. The fraction of sp³-hybridized carbons (Fsp3) is 0. The van der Waals surface area contributed by atoms with Crippen LogP contribution in [0.5, 0.6) is 0 Å². The van der Waals surface area contributed by atoms with Crippen molar-refractivity contribution in [3.05, 3.63) is 153 Å². The van der Waals surface area contributed by atoms with Crippen molar-refractivity contribution >= 4 is 66.7 Å². The van der Waals surface area contributed by atoms with Crippen molar-refractivity contribution in [2.45, 2.75) is 0 Å². The van der Waals surface area contributed by atoms with Crippen molar-refractivity contribution in [2.75, 3.05) is 0 Å². The largest absolute Gasteiger partial charge is 0.156 e. The minimum atomic E-state index is 0.878. The van der Waals surface area contributed by atoms with Gasteiger partial charge in [0.1, 0.15) is 11.4 Å². The minimum absolute atomic E-state index is 0.878. The second-order valence-electron chi connectivity index (χ2n) is 10.0. The van der Waals surface area contributed by atoms with E-state index in [4.69, 9.17) is 0 Å². The molecular weight excluding hydrogens is 770 g/mol. The number of hydrogen-bond donors (Lipinski definition) is 0. The molecule has 2 heterocycles. The first-order valence-corrected chi connectivity index (χ1v) is 16.1. The van der Waals surface area contributed by atoms with Crippen molar-refractivity contribution < 1.29 is 0 Å². The SMILES string of the molecule is Ic1cccc2cccc(-n3ncc(-c4ccccc4)n3)c12.Ic1cccc2cccc(-n3ncc(-c4ccccc4)n3)c12. The summed E-state index contributed by atoms with van der Waals surface area (Å²) >= 11 is 4.72. The first-order valence-electron chi connectivity index (χ1n) is 14.0. The fourth-order valence-corrected chi connectivity index (χ4v) is 6.72. The molecule has 0 spiro atoms. The fourth-order valence-electron chi connectivity index (χ4n) is 5.13. The van der Waals surface area contributed by atoms with Gasteiger partial charge in [0, 0.05) is 29.0 Å². The molecule has 212 valence electrons. The summed E-state index contributed by atoms with van der Waals surface area (Å²) < 4.78 is 2.40. The second kappa shape index (κ2) is 12.7. The van der Waals surface area contributed by atoms with E-state index in [0.717, 1.165) is 33.9 Å². The van der Waals surface area contributed by atoms with Gasteiger partial charge in [-0.3, -0.25) is 0 Å². The van der Waals surface area contributed by atoms with Crippen LogP contribution in [0.4, 0.5) is 0 Å². The third-order valence-corrected chi connectivity index (χ3v) is 9.02. The zero-order valence-electron chi connectivity index (χ0n) is 23.3. The van der Waals surface area contributed by atoms with E-state index in [1.807, 2.05) is 85.2 Å². The van der Waals surface area contributed by atoms with Crippen LogP contribution in [0, 0.1) is 7.14 Å². The molecule has 6 aromatic carbocycles. The highest BCUT2D eigenvalue weighted by Gasteiger charge is 2.11. The summed E-state index contributed by atoms with van der Waals surface area (Å²) in [7, 11) is 0. The molecule has 0 aliphatic rings. The van der Waals surface area contributed by atoms with Gasteiger partial charge in [0.15, 0.2) is 0 Å². The normalized spacial score (nSPS) is 11.0. The van der Waals surface area contributed by atoms with Gasteiger partial charge in [-0.1, -0.05) is 109 Å². The summed E-state index contributed by atoms with van der Waals surface area (Å²) in [6.07, 6.45) is 3.62. The van der Waals surface area contributed by atoms with Gasteiger partial charge in [-0.25, -0.2) is 0 Å². The Kier molecular flexibility index (Phi) is 8.16. The van der Waals surface area contributed by atoms with E-state index >= 15 is 0 Å². The number of halogens is 2. The number of hydrogen-bond acceptors (Lipinski definition) is 4. The molecule has 44 heavy (non-hydrogen) atoms. The maximum atomic E-state index is 4.64. The van der Waals surface area contributed by atoms with E-state index in [1.165, 1.54) is 28.7 Å². The zero-order valence-corrected chi connectivity index (χ0v) is 27.6. The van der Waals surface area contributed by atoms with Crippen molar-refractivity contribution in [3.8, 4) is 33.9 Å². The summed E-state index contributed by atoms with van der Waals surface area (Å²) in [5.74, 6) is 0. The van der Waals surface area contributed by atoms with Gasteiger partial charge in [-0.15, -0.1) is 10.2 Å². The Labute approximate surface area is 281 Å². The number of nitrogens with zero attached hydrogens (tertiary/aromatic N) is 6. The van der Waals surface area contributed by atoms with Crippen LogP contribution in [-0.2, 0) is 0 Å². The molecule has 6 nitrogen and oxygen atoms in total. The Balaban J connectivity index is 0.000000142. The molecule has 0 bridgehead atoms. The van der Waals surface area contributed by atoms with E-state index < -0.39 is 0 Å². The lowest BCUT2D eigenvalue weighted by molar-refractivity contribution is 0.759. The number of fused-ring (bicyclic) bond motifs is 2. The van der Waals surface area contributed by atoms with Crippen LogP contribution in [0.25, 0.3) is 55.4 Å². The molecule has 0 atom stereocenters. The molecule has 0 N–H and O–H groups in total. The lowest BCUT2D eigenvalue weighted by atomic mass is 10.1. The van der Waals surface area contributed by atoms with Crippen LogP contribution in [0.15, 0.2) is 146 Å². The van der Waals surface area contributed by atoms with E-state index in [9.17, 15) is 0 Å². The van der Waals surface area contributed by atoms with Gasteiger partial charge < -0.3 is 0 Å². The number of benzene rings is 6. The van der Waals surface area contributed by atoms with Crippen molar-refractivity contribution in [3.63, 3.8) is 0 Å². The quantitative estimate of drug-likeness (QED) is 0.167. The Bertz CT molecular complexity index is 2040. The van der Waals surface area contributed by atoms with Crippen LogP contribution < -0.4 is 0 Å². The van der Waals surface area contributed by atoms with Gasteiger partial charge >= 0.3 is 0 Å². The van der Waals surface area contributed by atoms with Crippen LogP contribution in [0.3, 0.4) is 0 Å². The molecular formula is C36H24I2N6. The maximum absolute atomic E-state index is 4.64. The Hall–Kier alpha value is -4.42. The molecule has 8 heteroatoms. The minimum Gasteiger partial charge on any atom is -0.156 e. The molecule has 0 radical (unpaired) electrons.